The molecule has 1 heterocycles. The minimum Gasteiger partial charge on any atom is -0.508 e. The van der Waals surface area contributed by atoms with Crippen LogP contribution < -0.4 is 5.32 Å². The van der Waals surface area contributed by atoms with Gasteiger partial charge in [-0.1, -0.05) is 18.2 Å². The van der Waals surface area contributed by atoms with Gasteiger partial charge in [-0.25, -0.2) is 4.79 Å². The summed E-state index contributed by atoms with van der Waals surface area (Å²) >= 11 is 0. The predicted molar refractivity (Wildman–Crippen MR) is 67.4 cm³/mol. The number of ether oxygens (including phenoxy) is 1. The molecule has 0 saturated carbocycles. The lowest BCUT2D eigenvalue weighted by molar-refractivity contribution is 0.173. The Morgan fingerprint density at radius 3 is 2.67 bits per heavy atom. The predicted octanol–water partition coefficient (Wildman–Crippen LogP) is 2.50. The van der Waals surface area contributed by atoms with Crippen LogP contribution in [0.1, 0.15) is 12.5 Å². The molecule has 1 aliphatic rings. The van der Waals surface area contributed by atoms with Gasteiger partial charge in [-0.2, -0.15) is 0 Å². The van der Waals surface area contributed by atoms with E-state index in [-0.39, 0.29) is 11.8 Å². The summed E-state index contributed by atoms with van der Waals surface area (Å²) in [7, 11) is 0. The van der Waals surface area contributed by atoms with Gasteiger partial charge in [0.25, 0.3) is 0 Å². The first-order valence-corrected chi connectivity index (χ1v) is 5.75. The molecule has 1 aliphatic heterocycles. The molecule has 4 nitrogen and oxygen atoms in total. The third-order valence-electron chi connectivity index (χ3n) is 3.33. The number of phenols is 1. The molecule has 0 aromatic heterocycles. The molecular weight excluding hydrogens is 230 g/mol. The number of hydrogen-bond donors (Lipinski definition) is 2. The molecule has 1 atom stereocenters. The Labute approximate surface area is 104 Å². The zero-order chi connectivity index (χ0) is 12.8. The highest BCUT2D eigenvalue weighted by atomic mass is 16.6. The van der Waals surface area contributed by atoms with Crippen LogP contribution in [0.3, 0.4) is 0 Å². The smallest absolute Gasteiger partial charge is 0.408 e. The van der Waals surface area contributed by atoms with E-state index in [0.29, 0.717) is 6.61 Å². The fraction of sp³-hybridized carbons (Fsp3) is 0.214. The lowest BCUT2D eigenvalue weighted by Crippen LogP contribution is -2.37. The third kappa shape index (κ3) is 1.66. The highest BCUT2D eigenvalue weighted by Crippen LogP contribution is 2.29. The van der Waals surface area contributed by atoms with E-state index < -0.39 is 5.54 Å². The van der Waals surface area contributed by atoms with Crippen molar-refractivity contribution in [2.45, 2.75) is 12.5 Å². The van der Waals surface area contributed by atoms with Crippen LogP contribution in [-0.2, 0) is 10.3 Å². The van der Waals surface area contributed by atoms with Crippen LogP contribution in [0, 0.1) is 0 Å². The van der Waals surface area contributed by atoms with Gasteiger partial charge in [0.2, 0.25) is 0 Å². The summed E-state index contributed by atoms with van der Waals surface area (Å²) < 4.78 is 4.96. The van der Waals surface area contributed by atoms with Crippen LogP contribution in [0.4, 0.5) is 4.79 Å². The van der Waals surface area contributed by atoms with Crippen molar-refractivity contribution >= 4 is 16.9 Å². The van der Waals surface area contributed by atoms with Crippen molar-refractivity contribution in [3.8, 4) is 5.75 Å². The van der Waals surface area contributed by atoms with Crippen LogP contribution in [0.5, 0.6) is 5.75 Å². The van der Waals surface area contributed by atoms with Crippen LogP contribution in [0.15, 0.2) is 36.4 Å². The fourth-order valence-electron chi connectivity index (χ4n) is 2.24. The third-order valence-corrected chi connectivity index (χ3v) is 3.33. The first-order valence-electron chi connectivity index (χ1n) is 5.75. The van der Waals surface area contributed by atoms with Gasteiger partial charge in [0.15, 0.2) is 0 Å². The van der Waals surface area contributed by atoms with Gasteiger partial charge < -0.3 is 15.2 Å². The summed E-state index contributed by atoms with van der Waals surface area (Å²) in [6.45, 7) is 2.26. The number of amides is 1. The number of cyclic esters (lactones) is 1. The number of fused-ring (bicyclic) bond motifs is 1. The monoisotopic (exact) mass is 243 g/mol. The Hall–Kier alpha value is -2.23. The molecule has 2 aromatic rings. The van der Waals surface area contributed by atoms with E-state index in [2.05, 4.69) is 5.32 Å². The van der Waals surface area contributed by atoms with Gasteiger partial charge in [0.05, 0.1) is 5.54 Å². The molecule has 0 aliphatic carbocycles. The maximum absolute atomic E-state index is 11.2. The molecule has 3 rings (SSSR count). The lowest BCUT2D eigenvalue weighted by Gasteiger charge is -2.21. The molecule has 0 bridgehead atoms. The second kappa shape index (κ2) is 3.63. The molecular formula is C14H13NO3. The fourth-order valence-corrected chi connectivity index (χ4v) is 2.24. The summed E-state index contributed by atoms with van der Waals surface area (Å²) in [6, 6.07) is 11.1. The number of phenolic OH excluding ortho intramolecular Hbond substituents is 1. The molecule has 2 aromatic carbocycles. The first kappa shape index (κ1) is 10.9. The number of nitrogens with one attached hydrogen (secondary N) is 1. The molecule has 0 radical (unpaired) electrons. The number of carbonyl (C=O) groups excluding carboxylic acids is 1. The van der Waals surface area contributed by atoms with Gasteiger partial charge >= 0.3 is 6.09 Å². The Balaban J connectivity index is 2.08. The highest BCUT2D eigenvalue weighted by molar-refractivity contribution is 5.85. The van der Waals surface area contributed by atoms with E-state index in [9.17, 15) is 9.90 Å². The summed E-state index contributed by atoms with van der Waals surface area (Å²) in [5.74, 6) is 0.249. The van der Waals surface area contributed by atoms with Gasteiger partial charge in [-0.15, -0.1) is 0 Å². The Morgan fingerprint density at radius 2 is 1.94 bits per heavy atom. The molecule has 92 valence electrons. The quantitative estimate of drug-likeness (QED) is 0.809. The molecule has 18 heavy (non-hydrogen) atoms. The van der Waals surface area contributed by atoms with Crippen LogP contribution >= 0.6 is 0 Å². The zero-order valence-corrected chi connectivity index (χ0v) is 9.93. The minimum absolute atomic E-state index is 0.249. The van der Waals surface area contributed by atoms with E-state index >= 15 is 0 Å². The van der Waals surface area contributed by atoms with Crippen molar-refractivity contribution in [1.82, 2.24) is 5.32 Å². The number of rotatable bonds is 1. The highest BCUT2D eigenvalue weighted by Gasteiger charge is 2.36. The first-order chi connectivity index (χ1) is 8.57. The average molecular weight is 243 g/mol. The molecule has 2 N–H and O–H groups in total. The lowest BCUT2D eigenvalue weighted by atomic mass is 9.91. The average Bonchev–Trinajstić information content (AvgIpc) is 2.70. The Bertz CT molecular complexity index is 638. The van der Waals surface area contributed by atoms with Crippen LogP contribution in [0.25, 0.3) is 10.8 Å². The van der Waals surface area contributed by atoms with Gasteiger partial charge in [0.1, 0.15) is 12.4 Å². The van der Waals surface area contributed by atoms with Crippen LogP contribution in [0.2, 0.25) is 0 Å². The number of hydrogen-bond acceptors (Lipinski definition) is 3. The summed E-state index contributed by atoms with van der Waals surface area (Å²) in [6.07, 6.45) is -0.386. The number of carbonyl (C=O) groups is 1. The molecule has 0 unspecified atom stereocenters. The molecule has 1 saturated heterocycles. The zero-order valence-electron chi connectivity index (χ0n) is 9.93. The van der Waals surface area contributed by atoms with Gasteiger partial charge in [0, 0.05) is 0 Å². The van der Waals surface area contributed by atoms with Gasteiger partial charge in [-0.05, 0) is 41.5 Å². The van der Waals surface area contributed by atoms with E-state index in [1.807, 2.05) is 31.2 Å². The maximum atomic E-state index is 11.2. The topological polar surface area (TPSA) is 58.6 Å². The van der Waals surface area contributed by atoms with Gasteiger partial charge in [-0.3, -0.25) is 0 Å². The van der Waals surface area contributed by atoms with E-state index in [1.165, 1.54) is 0 Å². The Morgan fingerprint density at radius 1 is 1.22 bits per heavy atom. The Kier molecular flexibility index (Phi) is 2.20. The van der Waals surface area contributed by atoms with E-state index in [4.69, 9.17) is 4.74 Å². The summed E-state index contributed by atoms with van der Waals surface area (Å²) in [4.78, 5) is 11.2. The SMILES string of the molecule is C[C@]1(c2ccc3cc(O)ccc3c2)COC(=O)N1. The minimum atomic E-state index is -0.483. The second-order valence-electron chi connectivity index (χ2n) is 4.78. The van der Waals surface area contributed by atoms with Crippen molar-refractivity contribution in [2.75, 3.05) is 6.61 Å². The number of aromatic hydroxyl groups is 1. The van der Waals surface area contributed by atoms with E-state index in [1.54, 1.807) is 12.1 Å². The second-order valence-corrected chi connectivity index (χ2v) is 4.78. The molecule has 4 heteroatoms. The number of alkyl carbamates (subject to hydrolysis) is 1. The van der Waals surface area contributed by atoms with Crippen LogP contribution in [-0.4, -0.2) is 17.8 Å². The number of benzene rings is 2. The van der Waals surface area contributed by atoms with Crippen molar-refractivity contribution in [2.24, 2.45) is 0 Å². The maximum Gasteiger partial charge on any atom is 0.408 e. The van der Waals surface area contributed by atoms with Crippen molar-refractivity contribution < 1.29 is 14.6 Å². The molecule has 0 spiro atoms. The summed E-state index contributed by atoms with van der Waals surface area (Å²) in [5, 5.41) is 14.2. The molecule has 1 amide bonds. The van der Waals surface area contributed by atoms with Crippen molar-refractivity contribution in [3.05, 3.63) is 42.0 Å². The molecule has 1 fully saturated rings. The summed E-state index contributed by atoms with van der Waals surface area (Å²) in [5.41, 5.74) is 0.509. The van der Waals surface area contributed by atoms with Crippen molar-refractivity contribution in [3.63, 3.8) is 0 Å². The van der Waals surface area contributed by atoms with E-state index in [0.717, 1.165) is 16.3 Å². The standard InChI is InChI=1S/C14H13NO3/c1-14(8-18-13(17)15-14)11-4-2-10-7-12(16)5-3-9(10)6-11/h2-7,16H,8H2,1H3,(H,15,17)/t14-/m1/s1. The van der Waals surface area contributed by atoms with Crippen molar-refractivity contribution in [1.29, 1.82) is 0 Å². The largest absolute Gasteiger partial charge is 0.508 e. The normalized spacial score (nSPS) is 22.8.